The Morgan fingerprint density at radius 3 is 1.00 bits per heavy atom. The second-order valence-electron chi connectivity index (χ2n) is 8.05. The largest absolute Gasteiger partial charge is 1.00 e. The minimum Gasteiger partial charge on any atom is -0.748 e. The molecule has 0 saturated carbocycles. The van der Waals surface area contributed by atoms with Gasteiger partial charge in [0.1, 0.15) is 13.2 Å². The Kier molecular flexibility index (Phi) is 32.7. The zero-order chi connectivity index (χ0) is 29.4. The summed E-state index contributed by atoms with van der Waals surface area (Å²) in [5, 5.41) is 0. The van der Waals surface area contributed by atoms with E-state index in [9.17, 15) is 25.9 Å². The topological polar surface area (TPSA) is 188 Å². The van der Waals surface area contributed by atoms with Crippen molar-refractivity contribution in [2.75, 3.05) is 104 Å². The van der Waals surface area contributed by atoms with E-state index in [1.807, 2.05) is 12.1 Å². The predicted octanol–water partition coefficient (Wildman–Crippen LogP) is -5.58. The third-order valence-corrected chi connectivity index (χ3v) is 6.25. The van der Waals surface area contributed by atoms with E-state index in [2.05, 4.69) is 0 Å². The van der Waals surface area contributed by atoms with Crippen LogP contribution in [-0.4, -0.2) is 130 Å². The number of benzene rings is 1. The Balaban J connectivity index is 0. The molecule has 1 aromatic carbocycles. The summed E-state index contributed by atoms with van der Waals surface area (Å²) in [7, 11) is -8.39. The van der Waals surface area contributed by atoms with Crippen molar-refractivity contribution in [1.29, 1.82) is 0 Å². The van der Waals surface area contributed by atoms with Gasteiger partial charge in [-0.1, -0.05) is 12.1 Å². The molecule has 0 fully saturated rings. The molecule has 0 aliphatic carbocycles. The molecule has 42 heavy (non-hydrogen) atoms. The van der Waals surface area contributed by atoms with Crippen LogP contribution >= 0.6 is 0 Å². The molecule has 0 aromatic heterocycles. The van der Waals surface area contributed by atoms with Crippen molar-refractivity contribution in [1.82, 2.24) is 0 Å². The molecule has 18 heteroatoms. The van der Waals surface area contributed by atoms with E-state index in [-0.39, 0.29) is 129 Å². The molecule has 234 valence electrons. The second-order valence-corrected chi connectivity index (χ2v) is 11.1. The summed E-state index contributed by atoms with van der Waals surface area (Å²) in [5.74, 6) is 0.302. The summed E-state index contributed by atoms with van der Waals surface area (Å²) < 4.78 is 106. The number of hydrogen-bond acceptors (Lipinski definition) is 14. The van der Waals surface area contributed by atoms with Gasteiger partial charge >= 0.3 is 103 Å². The first-order chi connectivity index (χ1) is 19.2. The van der Waals surface area contributed by atoms with E-state index in [1.165, 1.54) is 0 Å². The van der Waals surface area contributed by atoms with Crippen LogP contribution in [0.25, 0.3) is 0 Å². The van der Waals surface area contributed by atoms with Gasteiger partial charge in [-0.05, 0) is 25.0 Å². The van der Waals surface area contributed by atoms with Crippen LogP contribution in [0, 0.1) is 0 Å². The van der Waals surface area contributed by atoms with E-state index in [1.54, 1.807) is 12.1 Å². The third-order valence-electron chi connectivity index (χ3n) is 4.67. The maximum atomic E-state index is 10.5. The molecule has 1 rings (SSSR count). The molecule has 0 unspecified atom stereocenters. The molecule has 0 saturated heterocycles. The average Bonchev–Trinajstić information content (AvgIpc) is 2.89. The van der Waals surface area contributed by atoms with Crippen molar-refractivity contribution < 1.29 is 167 Å². The van der Waals surface area contributed by atoms with E-state index < -0.39 is 31.7 Å². The first-order valence-corrected chi connectivity index (χ1v) is 16.0. The van der Waals surface area contributed by atoms with Gasteiger partial charge in [0, 0.05) is 24.7 Å². The summed E-state index contributed by atoms with van der Waals surface area (Å²) >= 11 is 0. The van der Waals surface area contributed by atoms with Gasteiger partial charge in [-0.3, -0.25) is 0 Å². The molecule has 0 N–H and O–H groups in total. The van der Waals surface area contributed by atoms with E-state index >= 15 is 0 Å². The number of ether oxygens (including phenoxy) is 8. The van der Waals surface area contributed by atoms with Crippen molar-refractivity contribution in [2.24, 2.45) is 0 Å². The van der Waals surface area contributed by atoms with Gasteiger partial charge in [0.2, 0.25) is 0 Å². The maximum absolute atomic E-state index is 10.5. The molecular weight excluding hydrogens is 655 g/mol. The van der Waals surface area contributed by atoms with Gasteiger partial charge in [0.05, 0.1) is 86.3 Å². The van der Waals surface area contributed by atoms with Gasteiger partial charge < -0.3 is 47.0 Å². The van der Waals surface area contributed by atoms with Gasteiger partial charge in [0.15, 0.2) is 11.5 Å². The molecule has 0 heterocycles. The van der Waals surface area contributed by atoms with Crippen LogP contribution in [0.5, 0.6) is 11.5 Å². The molecular formula is C24H40K2O14S2. The van der Waals surface area contributed by atoms with Crippen LogP contribution in [0.2, 0.25) is 0 Å². The normalized spacial score (nSPS) is 11.5. The van der Waals surface area contributed by atoms with E-state index in [0.29, 0.717) is 90.8 Å². The van der Waals surface area contributed by atoms with Crippen LogP contribution < -0.4 is 112 Å². The van der Waals surface area contributed by atoms with Crippen LogP contribution in [0.4, 0.5) is 0 Å². The van der Waals surface area contributed by atoms with Crippen LogP contribution in [0.15, 0.2) is 24.3 Å². The molecule has 0 bridgehead atoms. The standard InChI is InChI=1S/C24H42O14S2.2K/c25-39(26,27)21-3-7-31-9-11-33-13-15-35-17-19-37-23-5-1-2-6-24(23)38-20-18-36-16-14-34-12-10-32-8-4-22-40(28,29)30;;/h1-2,5-6H,3-4,7-22H2,(H,25,26,27)(H,28,29,30);;/q;2*+1/p-2. The van der Waals surface area contributed by atoms with Crippen molar-refractivity contribution in [2.45, 2.75) is 12.8 Å². The molecule has 0 amide bonds. The third kappa shape index (κ3) is 31.6. The van der Waals surface area contributed by atoms with E-state index in [0.717, 1.165) is 0 Å². The summed E-state index contributed by atoms with van der Waals surface area (Å²) in [5.41, 5.74) is 0. The molecule has 1 aromatic rings. The van der Waals surface area contributed by atoms with Crippen LogP contribution in [0.1, 0.15) is 12.8 Å². The van der Waals surface area contributed by atoms with Crippen LogP contribution in [-0.2, 0) is 48.7 Å². The Morgan fingerprint density at radius 2 is 0.714 bits per heavy atom. The molecule has 0 spiro atoms. The zero-order valence-corrected chi connectivity index (χ0v) is 32.4. The smallest absolute Gasteiger partial charge is 0.748 e. The molecule has 0 aliphatic heterocycles. The predicted molar refractivity (Wildman–Crippen MR) is 141 cm³/mol. The zero-order valence-electron chi connectivity index (χ0n) is 24.6. The monoisotopic (exact) mass is 694 g/mol. The first kappa shape index (κ1) is 45.8. The van der Waals surface area contributed by atoms with Crippen molar-refractivity contribution in [3.05, 3.63) is 24.3 Å². The molecule has 0 atom stereocenters. The molecule has 0 aliphatic rings. The summed E-state index contributed by atoms with van der Waals surface area (Å²) in [6.45, 7) is 4.50. The maximum Gasteiger partial charge on any atom is 1.00 e. The van der Waals surface area contributed by atoms with Crippen molar-refractivity contribution in [3.63, 3.8) is 0 Å². The second kappa shape index (κ2) is 30.0. The molecule has 0 radical (unpaired) electrons. The van der Waals surface area contributed by atoms with Gasteiger partial charge in [-0.25, -0.2) is 16.8 Å². The summed E-state index contributed by atoms with van der Waals surface area (Å²) in [4.78, 5) is 0. The Morgan fingerprint density at radius 1 is 0.452 bits per heavy atom. The van der Waals surface area contributed by atoms with E-state index in [4.69, 9.17) is 37.9 Å². The Labute approximate surface area is 334 Å². The van der Waals surface area contributed by atoms with Crippen LogP contribution in [0.3, 0.4) is 0 Å². The fourth-order valence-corrected chi connectivity index (χ4v) is 3.81. The number of para-hydroxylation sites is 2. The number of hydrogen-bond donors (Lipinski definition) is 0. The van der Waals surface area contributed by atoms with Gasteiger partial charge in [-0.15, -0.1) is 0 Å². The quantitative estimate of drug-likeness (QED) is 0.0459. The first-order valence-electron chi connectivity index (χ1n) is 12.9. The minimum absolute atomic E-state index is 0. The Hall–Kier alpha value is 1.67. The fourth-order valence-electron chi connectivity index (χ4n) is 2.87. The summed E-state index contributed by atoms with van der Waals surface area (Å²) in [6, 6.07) is 7.26. The van der Waals surface area contributed by atoms with Crippen molar-refractivity contribution >= 4 is 20.2 Å². The minimum atomic E-state index is -4.19. The van der Waals surface area contributed by atoms with Gasteiger partial charge in [-0.2, -0.15) is 0 Å². The average molecular weight is 695 g/mol. The van der Waals surface area contributed by atoms with Gasteiger partial charge in [0.25, 0.3) is 0 Å². The van der Waals surface area contributed by atoms with Crippen molar-refractivity contribution in [3.8, 4) is 11.5 Å². The SMILES string of the molecule is O=S(=O)([O-])CCCOCCOCCOCCOc1ccccc1OCCOCCOCCOCCCS(=O)(=O)[O-].[K+].[K+]. The number of rotatable bonds is 28. The summed E-state index contributed by atoms with van der Waals surface area (Å²) in [6.07, 6.45) is 0.329. The fraction of sp³-hybridized carbons (Fsp3) is 0.750. The molecule has 14 nitrogen and oxygen atoms in total. The Bertz CT molecular complexity index is 891.